The van der Waals surface area contributed by atoms with Crippen LogP contribution in [0, 0.1) is 0 Å². The topological polar surface area (TPSA) is 114 Å². The molecule has 4 rings (SSSR count). The molecule has 0 saturated heterocycles. The maximum absolute atomic E-state index is 13.3. The number of ether oxygens (including phenoxy) is 1. The van der Waals surface area contributed by atoms with Crippen molar-refractivity contribution in [3.05, 3.63) is 76.9 Å². The molecule has 1 aliphatic carbocycles. The van der Waals surface area contributed by atoms with Crippen molar-refractivity contribution >= 4 is 34.3 Å². The van der Waals surface area contributed by atoms with Gasteiger partial charge >= 0.3 is 0 Å². The maximum atomic E-state index is 13.3. The number of hydrogen-bond acceptors (Lipinski definition) is 7. The molecule has 5 N–H and O–H groups in total. The zero-order valence-corrected chi connectivity index (χ0v) is 16.4. The highest BCUT2D eigenvalue weighted by molar-refractivity contribution is 6.32. The van der Waals surface area contributed by atoms with Gasteiger partial charge in [-0.15, -0.1) is 0 Å². The fourth-order valence-electron chi connectivity index (χ4n) is 3.61. The Morgan fingerprint density at radius 3 is 2.30 bits per heavy atom. The second-order valence-electron chi connectivity index (χ2n) is 6.85. The number of rotatable bonds is 6. The Morgan fingerprint density at radius 2 is 1.63 bits per heavy atom. The molecule has 0 spiro atoms. The Balaban J connectivity index is 1.91. The van der Waals surface area contributed by atoms with Crippen molar-refractivity contribution in [1.82, 2.24) is 0 Å². The molecule has 0 heterocycles. The Bertz CT molecular complexity index is 1160. The molecule has 152 valence electrons. The number of ketones is 2. The van der Waals surface area contributed by atoms with Crippen molar-refractivity contribution in [1.29, 1.82) is 0 Å². The largest absolute Gasteiger partial charge is 0.497 e. The van der Waals surface area contributed by atoms with Crippen molar-refractivity contribution in [3.8, 4) is 5.75 Å². The van der Waals surface area contributed by atoms with Crippen LogP contribution in [0.1, 0.15) is 31.8 Å². The molecule has 0 unspecified atom stereocenters. The Morgan fingerprint density at radius 1 is 0.933 bits per heavy atom. The number of aliphatic hydroxyl groups excluding tert-OH is 1. The zero-order chi connectivity index (χ0) is 21.3. The van der Waals surface area contributed by atoms with E-state index in [1.54, 1.807) is 43.5 Å². The van der Waals surface area contributed by atoms with Gasteiger partial charge in [-0.05, 0) is 18.2 Å². The Kier molecular flexibility index (Phi) is 5.12. The lowest BCUT2D eigenvalue weighted by Gasteiger charge is -2.24. The first-order chi connectivity index (χ1) is 14.5. The van der Waals surface area contributed by atoms with Crippen LogP contribution < -0.4 is 21.1 Å². The monoisotopic (exact) mass is 403 g/mol. The van der Waals surface area contributed by atoms with Gasteiger partial charge in [0.1, 0.15) is 5.75 Å². The first kappa shape index (κ1) is 19.5. The third-order valence-electron chi connectivity index (χ3n) is 5.01. The van der Waals surface area contributed by atoms with E-state index in [0.29, 0.717) is 33.9 Å². The van der Waals surface area contributed by atoms with Crippen molar-refractivity contribution in [2.45, 2.75) is 0 Å². The number of nitrogen functional groups attached to an aromatic ring is 1. The minimum atomic E-state index is -0.306. The van der Waals surface area contributed by atoms with Crippen LogP contribution in [0.2, 0.25) is 0 Å². The van der Waals surface area contributed by atoms with E-state index in [0.717, 1.165) is 0 Å². The molecule has 0 aromatic heterocycles. The molecule has 0 fully saturated rings. The predicted octanol–water partition coefficient (Wildman–Crippen LogP) is 3.20. The maximum Gasteiger partial charge on any atom is 0.196 e. The van der Waals surface area contributed by atoms with Crippen LogP contribution in [0.25, 0.3) is 0 Å². The lowest BCUT2D eigenvalue weighted by atomic mass is 9.82. The first-order valence-corrected chi connectivity index (χ1v) is 9.46. The molecular weight excluding hydrogens is 382 g/mol. The molecule has 0 amide bonds. The summed E-state index contributed by atoms with van der Waals surface area (Å²) in [5.74, 6) is 0.0701. The summed E-state index contributed by atoms with van der Waals surface area (Å²) < 4.78 is 5.26. The highest BCUT2D eigenvalue weighted by Gasteiger charge is 2.34. The zero-order valence-electron chi connectivity index (χ0n) is 16.4. The van der Waals surface area contributed by atoms with Crippen LogP contribution in [-0.2, 0) is 0 Å². The average Bonchev–Trinajstić information content (AvgIpc) is 2.77. The molecule has 30 heavy (non-hydrogen) atoms. The quantitative estimate of drug-likeness (QED) is 0.366. The van der Waals surface area contributed by atoms with Crippen LogP contribution in [0.5, 0.6) is 5.75 Å². The van der Waals surface area contributed by atoms with Crippen molar-refractivity contribution in [2.75, 3.05) is 36.6 Å². The molecule has 0 bridgehead atoms. The number of aliphatic hydroxyl groups is 1. The molecular formula is C23H21N3O4. The first-order valence-electron chi connectivity index (χ1n) is 9.46. The smallest absolute Gasteiger partial charge is 0.196 e. The molecule has 0 aliphatic heterocycles. The van der Waals surface area contributed by atoms with E-state index < -0.39 is 0 Å². The number of carbonyl (C=O) groups excluding carboxylic acids is 2. The van der Waals surface area contributed by atoms with E-state index in [-0.39, 0.29) is 41.5 Å². The molecule has 0 saturated carbocycles. The summed E-state index contributed by atoms with van der Waals surface area (Å²) in [5.41, 5.74) is 9.14. The Labute approximate surface area is 173 Å². The highest BCUT2D eigenvalue weighted by atomic mass is 16.5. The molecule has 0 atom stereocenters. The number of fused-ring (bicyclic) bond motifs is 2. The van der Waals surface area contributed by atoms with E-state index in [4.69, 9.17) is 10.5 Å². The van der Waals surface area contributed by atoms with Crippen molar-refractivity contribution < 1.29 is 19.4 Å². The summed E-state index contributed by atoms with van der Waals surface area (Å²) in [6.07, 6.45) is 0. The molecule has 1 aliphatic rings. The van der Waals surface area contributed by atoms with Crippen LogP contribution >= 0.6 is 0 Å². The number of anilines is 4. The number of nitrogens with two attached hydrogens (primary N) is 1. The van der Waals surface area contributed by atoms with Gasteiger partial charge in [0.15, 0.2) is 11.6 Å². The second-order valence-corrected chi connectivity index (χ2v) is 6.85. The van der Waals surface area contributed by atoms with Gasteiger partial charge in [0, 0.05) is 29.4 Å². The van der Waals surface area contributed by atoms with E-state index in [1.165, 1.54) is 0 Å². The summed E-state index contributed by atoms with van der Waals surface area (Å²) in [7, 11) is 1.57. The average molecular weight is 403 g/mol. The molecule has 7 nitrogen and oxygen atoms in total. The minimum absolute atomic E-state index is 0.106. The number of hydrogen-bond donors (Lipinski definition) is 4. The van der Waals surface area contributed by atoms with Crippen LogP contribution in [0.15, 0.2) is 54.6 Å². The fraction of sp³-hybridized carbons (Fsp3) is 0.130. The standard InChI is InChI=1S/C23H21N3O4/c1-30-14-6-4-5-13(11-14)26-17-12-18(25-9-10-27)21(24)20-19(17)22(28)15-7-2-3-8-16(15)23(20)29/h2-8,11-12,25-27H,9-10,24H2,1H3. The van der Waals surface area contributed by atoms with E-state index >= 15 is 0 Å². The molecule has 7 heteroatoms. The van der Waals surface area contributed by atoms with Crippen molar-refractivity contribution in [2.24, 2.45) is 0 Å². The molecule has 3 aromatic carbocycles. The predicted molar refractivity (Wildman–Crippen MR) is 116 cm³/mol. The van der Waals surface area contributed by atoms with Gasteiger partial charge in [-0.1, -0.05) is 30.3 Å². The lowest BCUT2D eigenvalue weighted by Crippen LogP contribution is -2.24. The lowest BCUT2D eigenvalue weighted by molar-refractivity contribution is 0.0980. The van der Waals surface area contributed by atoms with Crippen LogP contribution in [-0.4, -0.2) is 36.9 Å². The number of carbonyl (C=O) groups is 2. The van der Waals surface area contributed by atoms with Crippen LogP contribution in [0.4, 0.5) is 22.7 Å². The van der Waals surface area contributed by atoms with Gasteiger partial charge in [-0.25, -0.2) is 0 Å². The summed E-state index contributed by atoms with van der Waals surface area (Å²) in [6.45, 7) is 0.144. The van der Waals surface area contributed by atoms with Crippen molar-refractivity contribution in [3.63, 3.8) is 0 Å². The minimum Gasteiger partial charge on any atom is -0.497 e. The summed E-state index contributed by atoms with van der Waals surface area (Å²) in [6, 6.07) is 15.6. The second kappa shape index (κ2) is 7.88. The van der Waals surface area contributed by atoms with Gasteiger partial charge < -0.3 is 26.2 Å². The molecule has 3 aromatic rings. The normalized spacial score (nSPS) is 12.2. The van der Waals surface area contributed by atoms with E-state index in [9.17, 15) is 14.7 Å². The third-order valence-corrected chi connectivity index (χ3v) is 5.01. The third kappa shape index (κ3) is 3.25. The van der Waals surface area contributed by atoms with Gasteiger partial charge in [-0.2, -0.15) is 0 Å². The summed E-state index contributed by atoms with van der Waals surface area (Å²) in [5, 5.41) is 15.4. The number of methoxy groups -OCH3 is 1. The summed E-state index contributed by atoms with van der Waals surface area (Å²) in [4.78, 5) is 26.6. The van der Waals surface area contributed by atoms with Gasteiger partial charge in [-0.3, -0.25) is 9.59 Å². The van der Waals surface area contributed by atoms with Gasteiger partial charge in [0.05, 0.1) is 41.9 Å². The van der Waals surface area contributed by atoms with E-state index in [1.807, 2.05) is 18.2 Å². The molecule has 0 radical (unpaired) electrons. The Hall–Kier alpha value is -3.84. The van der Waals surface area contributed by atoms with E-state index in [2.05, 4.69) is 10.6 Å². The summed E-state index contributed by atoms with van der Waals surface area (Å²) >= 11 is 0. The van der Waals surface area contributed by atoms with Gasteiger partial charge in [0.2, 0.25) is 0 Å². The SMILES string of the molecule is COc1cccc(Nc2cc(NCCO)c(N)c3c2C(=O)c2ccccc2C3=O)c1. The highest BCUT2D eigenvalue weighted by Crippen LogP contribution is 2.40. The fourth-order valence-corrected chi connectivity index (χ4v) is 3.61. The van der Waals surface area contributed by atoms with Gasteiger partial charge in [0.25, 0.3) is 0 Å². The van der Waals surface area contributed by atoms with Crippen LogP contribution in [0.3, 0.4) is 0 Å². The number of nitrogens with one attached hydrogen (secondary N) is 2. The number of benzene rings is 3.